The van der Waals surface area contributed by atoms with Gasteiger partial charge in [-0.05, 0) is 45.7 Å². The lowest BCUT2D eigenvalue weighted by molar-refractivity contribution is -0.376. The molecule has 2 aromatic rings. The second-order valence-electron chi connectivity index (χ2n) is 9.85. The number of nitrogens with zero attached hydrogens (tertiary/aromatic N) is 2. The third-order valence-corrected chi connectivity index (χ3v) is 7.28. The smallest absolute Gasteiger partial charge is 0.430 e. The third kappa shape index (κ3) is 6.17. The van der Waals surface area contributed by atoms with Crippen LogP contribution in [-0.4, -0.2) is 75.9 Å². The summed E-state index contributed by atoms with van der Waals surface area (Å²) in [5, 5.41) is 21.8. The molecular formula is C24H26F7N3O5S. The molecule has 1 aromatic heterocycles. The number of ether oxygens (including phenoxy) is 1. The number of likely N-dealkylation sites (tertiary alicyclic amines) is 1. The monoisotopic (exact) mass is 601 g/mol. The standard InChI is InChI=1S/C24H26F7N3O5S/c1-12-5-4-8-34(12)20(36)16-17(40-19(33-16)18(35)32-10-21(2,3)37)14-7-6-13(9-15(14)39-11-25)22(38,23(26,27)28)24(29,30)31/h6-7,9,12,37-38H,4-5,8,10-11H2,1-3H3,(H,32,35)/t12-/m0/s1. The van der Waals surface area contributed by atoms with E-state index >= 15 is 0 Å². The van der Waals surface area contributed by atoms with E-state index in [2.05, 4.69) is 10.3 Å². The number of hydrogen-bond donors (Lipinski definition) is 3. The van der Waals surface area contributed by atoms with Gasteiger partial charge < -0.3 is 25.2 Å². The fourth-order valence-corrected chi connectivity index (χ4v) is 5.09. The van der Waals surface area contributed by atoms with E-state index in [4.69, 9.17) is 4.74 Å². The van der Waals surface area contributed by atoms with Crippen LogP contribution in [-0.2, 0) is 5.60 Å². The van der Waals surface area contributed by atoms with Crippen molar-refractivity contribution in [3.8, 4) is 16.2 Å². The van der Waals surface area contributed by atoms with E-state index in [1.54, 1.807) is 6.92 Å². The van der Waals surface area contributed by atoms with Crippen molar-refractivity contribution in [3.05, 3.63) is 34.5 Å². The second-order valence-corrected chi connectivity index (χ2v) is 10.9. The molecule has 40 heavy (non-hydrogen) atoms. The lowest BCUT2D eigenvalue weighted by Gasteiger charge is -2.33. The molecule has 0 bridgehead atoms. The van der Waals surface area contributed by atoms with Crippen LogP contribution in [0.3, 0.4) is 0 Å². The van der Waals surface area contributed by atoms with Crippen molar-refractivity contribution in [2.24, 2.45) is 0 Å². The average molecular weight is 602 g/mol. The molecule has 222 valence electrons. The predicted octanol–water partition coefficient (Wildman–Crippen LogP) is 4.55. The zero-order chi connectivity index (χ0) is 30.3. The first-order valence-electron chi connectivity index (χ1n) is 11.8. The topological polar surface area (TPSA) is 112 Å². The minimum Gasteiger partial charge on any atom is -0.462 e. The van der Waals surface area contributed by atoms with Gasteiger partial charge in [-0.15, -0.1) is 11.3 Å². The number of aliphatic hydroxyl groups is 2. The summed E-state index contributed by atoms with van der Waals surface area (Å²) in [6, 6.07) is 0.962. The van der Waals surface area contributed by atoms with Crippen LogP contribution in [0.15, 0.2) is 18.2 Å². The fraction of sp³-hybridized carbons (Fsp3) is 0.542. The Labute approximate surface area is 227 Å². The molecule has 1 aliphatic rings. The summed E-state index contributed by atoms with van der Waals surface area (Å²) >= 11 is 0.562. The number of rotatable bonds is 8. The van der Waals surface area contributed by atoms with E-state index in [0.29, 0.717) is 42.9 Å². The van der Waals surface area contributed by atoms with Gasteiger partial charge in [-0.3, -0.25) is 9.59 Å². The first-order valence-corrected chi connectivity index (χ1v) is 12.7. The van der Waals surface area contributed by atoms with Crippen molar-refractivity contribution in [1.29, 1.82) is 0 Å². The Kier molecular flexibility index (Phi) is 8.77. The normalized spacial score (nSPS) is 16.8. The molecule has 1 saturated heterocycles. The lowest BCUT2D eigenvalue weighted by atomic mass is 9.90. The molecule has 16 heteroatoms. The Morgan fingerprint density at radius 1 is 1.15 bits per heavy atom. The molecule has 0 saturated carbocycles. The molecule has 2 heterocycles. The molecule has 3 N–H and O–H groups in total. The van der Waals surface area contributed by atoms with Crippen molar-refractivity contribution in [1.82, 2.24) is 15.2 Å². The van der Waals surface area contributed by atoms with E-state index in [1.165, 1.54) is 18.7 Å². The zero-order valence-electron chi connectivity index (χ0n) is 21.4. The zero-order valence-corrected chi connectivity index (χ0v) is 22.2. The van der Waals surface area contributed by atoms with Crippen LogP contribution < -0.4 is 10.1 Å². The van der Waals surface area contributed by atoms with E-state index < -0.39 is 53.5 Å². The fourth-order valence-electron chi connectivity index (χ4n) is 4.09. The van der Waals surface area contributed by atoms with Crippen LogP contribution >= 0.6 is 11.3 Å². The number of alkyl halides is 7. The molecule has 0 spiro atoms. The van der Waals surface area contributed by atoms with Crippen molar-refractivity contribution in [2.75, 3.05) is 20.0 Å². The number of hydrogen-bond acceptors (Lipinski definition) is 7. The van der Waals surface area contributed by atoms with Gasteiger partial charge in [0.2, 0.25) is 6.86 Å². The van der Waals surface area contributed by atoms with Crippen LogP contribution in [0, 0.1) is 0 Å². The van der Waals surface area contributed by atoms with Gasteiger partial charge >= 0.3 is 12.4 Å². The highest BCUT2D eigenvalue weighted by Gasteiger charge is 2.71. The minimum atomic E-state index is -6.21. The van der Waals surface area contributed by atoms with Crippen LogP contribution in [0.1, 0.15) is 59.5 Å². The summed E-state index contributed by atoms with van der Waals surface area (Å²) in [5.41, 5.74) is -9.02. The van der Waals surface area contributed by atoms with Crippen molar-refractivity contribution in [3.63, 3.8) is 0 Å². The molecule has 2 amide bonds. The number of amides is 2. The van der Waals surface area contributed by atoms with Crippen LogP contribution in [0.5, 0.6) is 5.75 Å². The third-order valence-electron chi connectivity index (χ3n) is 6.19. The predicted molar refractivity (Wildman–Crippen MR) is 129 cm³/mol. The Hall–Kier alpha value is -2.98. The minimum absolute atomic E-state index is 0.177. The lowest BCUT2D eigenvalue weighted by Crippen LogP contribution is -2.53. The molecule has 1 atom stereocenters. The van der Waals surface area contributed by atoms with Gasteiger partial charge in [0.05, 0.1) is 10.5 Å². The maximum atomic E-state index is 13.4. The Morgan fingerprint density at radius 3 is 2.27 bits per heavy atom. The molecule has 8 nitrogen and oxygen atoms in total. The molecule has 3 rings (SSSR count). The Balaban J connectivity index is 2.20. The number of benzene rings is 1. The molecule has 1 aliphatic heterocycles. The van der Waals surface area contributed by atoms with Crippen LogP contribution in [0.4, 0.5) is 30.7 Å². The number of thiazole rings is 1. The number of halogens is 7. The quantitative estimate of drug-likeness (QED) is 0.383. The maximum absolute atomic E-state index is 13.4. The summed E-state index contributed by atoms with van der Waals surface area (Å²) in [6.07, 6.45) is -11.1. The first-order chi connectivity index (χ1) is 18.3. The van der Waals surface area contributed by atoms with Crippen molar-refractivity contribution in [2.45, 2.75) is 63.2 Å². The molecular weight excluding hydrogens is 575 g/mol. The van der Waals surface area contributed by atoms with Gasteiger partial charge in [0.1, 0.15) is 11.4 Å². The molecule has 0 unspecified atom stereocenters. The molecule has 1 fully saturated rings. The van der Waals surface area contributed by atoms with Gasteiger partial charge in [-0.2, -0.15) is 26.3 Å². The highest BCUT2D eigenvalue weighted by atomic mass is 32.1. The molecule has 1 aromatic carbocycles. The van der Waals surface area contributed by atoms with Crippen LogP contribution in [0.25, 0.3) is 10.4 Å². The Bertz CT molecular complexity index is 1240. The highest BCUT2D eigenvalue weighted by molar-refractivity contribution is 7.17. The van der Waals surface area contributed by atoms with Crippen molar-refractivity contribution < 1.29 is 55.3 Å². The molecule has 0 aliphatic carbocycles. The van der Waals surface area contributed by atoms with Gasteiger partial charge in [0.15, 0.2) is 5.01 Å². The summed E-state index contributed by atoms with van der Waals surface area (Å²) in [7, 11) is 0. The van der Waals surface area contributed by atoms with Crippen molar-refractivity contribution >= 4 is 23.2 Å². The SMILES string of the molecule is C[C@H]1CCCN1C(=O)c1nc(C(=O)NCC(C)(C)O)sc1-c1ccc(C(O)(C(F)(F)F)C(F)(F)F)cc1OCF. The maximum Gasteiger partial charge on any atom is 0.430 e. The summed E-state index contributed by atoms with van der Waals surface area (Å²) < 4.78 is 98.7. The average Bonchev–Trinajstić information content (AvgIpc) is 3.46. The summed E-state index contributed by atoms with van der Waals surface area (Å²) in [6.45, 7) is 3.01. The van der Waals surface area contributed by atoms with E-state index in [1.807, 2.05) is 0 Å². The van der Waals surface area contributed by atoms with Gasteiger partial charge in [0, 0.05) is 30.3 Å². The number of aromatic nitrogens is 1. The van der Waals surface area contributed by atoms with Gasteiger partial charge in [-0.1, -0.05) is 6.07 Å². The second kappa shape index (κ2) is 11.1. The summed E-state index contributed by atoms with van der Waals surface area (Å²) in [4.78, 5) is 31.5. The van der Waals surface area contributed by atoms with E-state index in [9.17, 15) is 50.5 Å². The number of nitrogens with one attached hydrogen (secondary N) is 1. The van der Waals surface area contributed by atoms with Gasteiger partial charge in [-0.25, -0.2) is 9.37 Å². The van der Waals surface area contributed by atoms with Crippen LogP contribution in [0.2, 0.25) is 0 Å². The van der Waals surface area contributed by atoms with E-state index in [0.717, 1.165) is 0 Å². The largest absolute Gasteiger partial charge is 0.462 e. The van der Waals surface area contributed by atoms with Gasteiger partial charge in [0.25, 0.3) is 17.4 Å². The molecule has 0 radical (unpaired) electrons. The Morgan fingerprint density at radius 2 is 1.77 bits per heavy atom. The van der Waals surface area contributed by atoms with E-state index in [-0.39, 0.29) is 39.8 Å². The summed E-state index contributed by atoms with van der Waals surface area (Å²) in [5.74, 6) is -2.35. The highest BCUT2D eigenvalue weighted by Crippen LogP contribution is 2.51. The number of carbonyl (C=O) groups excluding carboxylic acids is 2. The number of carbonyl (C=O) groups is 2. The first kappa shape index (κ1) is 31.5.